The Kier molecular flexibility index (Phi) is 5.73. The van der Waals surface area contributed by atoms with Gasteiger partial charge in [-0.3, -0.25) is 14.4 Å². The molecule has 23 heavy (non-hydrogen) atoms. The molecule has 0 spiro atoms. The van der Waals surface area contributed by atoms with Crippen molar-refractivity contribution in [3.8, 4) is 5.75 Å². The van der Waals surface area contributed by atoms with Gasteiger partial charge in [0.05, 0.1) is 12.5 Å². The third-order valence-electron chi connectivity index (χ3n) is 3.91. The number of aliphatic carboxylic acids is 1. The van der Waals surface area contributed by atoms with E-state index in [2.05, 4.69) is 5.32 Å². The number of hydrogen-bond donors (Lipinski definition) is 2. The molecule has 6 heteroatoms. The van der Waals surface area contributed by atoms with Crippen molar-refractivity contribution in [1.29, 1.82) is 0 Å². The summed E-state index contributed by atoms with van der Waals surface area (Å²) in [7, 11) is 0. The van der Waals surface area contributed by atoms with Gasteiger partial charge in [0.25, 0.3) is 0 Å². The first-order valence-corrected chi connectivity index (χ1v) is 7.71. The van der Waals surface area contributed by atoms with Gasteiger partial charge in [0.15, 0.2) is 5.78 Å². The molecule has 0 aliphatic heterocycles. The number of hydrogen-bond acceptors (Lipinski definition) is 4. The van der Waals surface area contributed by atoms with Crippen LogP contribution in [0.5, 0.6) is 5.75 Å². The van der Waals surface area contributed by atoms with E-state index < -0.39 is 5.97 Å². The number of nitrogens with one attached hydrogen (secondary N) is 1. The lowest BCUT2D eigenvalue weighted by Gasteiger charge is -2.32. The molecule has 0 radical (unpaired) electrons. The molecular weight excluding hydrogens is 298 g/mol. The summed E-state index contributed by atoms with van der Waals surface area (Å²) in [4.78, 5) is 33.7. The standard InChI is InChI=1S/C17H21NO5/c1-11(19)12-4-2-5-15(10-12)23-7-3-6-16(20)18-14-8-13(9-14)17(21)22/h2,4-5,10,13-14H,3,6-9H2,1H3,(H,18,20)(H,21,22). The SMILES string of the molecule is CC(=O)c1cccc(OCCCC(=O)NC2CC(C(=O)O)C2)c1. The molecule has 1 aromatic carbocycles. The van der Waals surface area contributed by atoms with Crippen molar-refractivity contribution in [2.24, 2.45) is 5.92 Å². The second kappa shape index (κ2) is 7.76. The van der Waals surface area contributed by atoms with E-state index in [-0.39, 0.29) is 23.7 Å². The van der Waals surface area contributed by atoms with Crippen molar-refractivity contribution in [3.05, 3.63) is 29.8 Å². The van der Waals surface area contributed by atoms with Gasteiger partial charge in [0, 0.05) is 18.0 Å². The number of carboxylic acids is 1. The number of carboxylic acid groups (broad SMARTS) is 1. The minimum atomic E-state index is -0.795. The minimum absolute atomic E-state index is 0.0169. The molecular formula is C17H21NO5. The van der Waals surface area contributed by atoms with Crippen LogP contribution in [-0.4, -0.2) is 35.4 Å². The van der Waals surface area contributed by atoms with E-state index in [4.69, 9.17) is 9.84 Å². The van der Waals surface area contributed by atoms with Crippen molar-refractivity contribution in [3.63, 3.8) is 0 Å². The first kappa shape index (κ1) is 17.0. The van der Waals surface area contributed by atoms with E-state index in [9.17, 15) is 14.4 Å². The van der Waals surface area contributed by atoms with Gasteiger partial charge in [-0.05, 0) is 38.3 Å². The maximum atomic E-state index is 11.7. The highest BCUT2D eigenvalue weighted by atomic mass is 16.5. The zero-order chi connectivity index (χ0) is 16.8. The minimum Gasteiger partial charge on any atom is -0.494 e. The monoisotopic (exact) mass is 319 g/mol. The zero-order valence-electron chi connectivity index (χ0n) is 13.1. The topological polar surface area (TPSA) is 92.7 Å². The Morgan fingerprint density at radius 3 is 2.70 bits per heavy atom. The van der Waals surface area contributed by atoms with Crippen LogP contribution in [0.15, 0.2) is 24.3 Å². The Balaban J connectivity index is 1.62. The number of carbonyl (C=O) groups is 3. The second-order valence-electron chi connectivity index (χ2n) is 5.81. The van der Waals surface area contributed by atoms with E-state index in [1.807, 2.05) is 0 Å². The van der Waals surface area contributed by atoms with Gasteiger partial charge in [0.1, 0.15) is 5.75 Å². The summed E-state index contributed by atoms with van der Waals surface area (Å²) in [5.74, 6) is -0.606. The van der Waals surface area contributed by atoms with Gasteiger partial charge in [0.2, 0.25) is 5.91 Å². The van der Waals surface area contributed by atoms with Crippen molar-refractivity contribution in [2.75, 3.05) is 6.61 Å². The first-order valence-electron chi connectivity index (χ1n) is 7.71. The first-order chi connectivity index (χ1) is 11.0. The Labute approximate surface area is 134 Å². The molecule has 1 amide bonds. The van der Waals surface area contributed by atoms with E-state index in [1.54, 1.807) is 24.3 Å². The lowest BCUT2D eigenvalue weighted by atomic mass is 9.80. The molecule has 1 aliphatic rings. The maximum absolute atomic E-state index is 11.7. The lowest BCUT2D eigenvalue weighted by molar-refractivity contribution is -0.146. The van der Waals surface area contributed by atoms with Crippen LogP contribution in [-0.2, 0) is 9.59 Å². The Bertz CT molecular complexity index is 592. The van der Waals surface area contributed by atoms with Crippen molar-refractivity contribution < 1.29 is 24.2 Å². The fourth-order valence-corrected chi connectivity index (χ4v) is 2.46. The molecule has 1 aliphatic carbocycles. The average Bonchev–Trinajstić information content (AvgIpc) is 2.47. The summed E-state index contributed by atoms with van der Waals surface area (Å²) in [6.07, 6.45) is 1.91. The molecule has 0 bridgehead atoms. The predicted molar refractivity (Wildman–Crippen MR) is 83.5 cm³/mol. The van der Waals surface area contributed by atoms with Crippen molar-refractivity contribution in [1.82, 2.24) is 5.32 Å². The summed E-state index contributed by atoms with van der Waals surface area (Å²) in [6.45, 7) is 1.88. The lowest BCUT2D eigenvalue weighted by Crippen LogP contribution is -2.46. The summed E-state index contributed by atoms with van der Waals surface area (Å²) >= 11 is 0. The Hall–Kier alpha value is -2.37. The molecule has 2 rings (SSSR count). The molecule has 1 saturated carbocycles. The number of Topliss-reactive ketones (excluding diaryl/α,β-unsaturated/α-hetero) is 1. The third-order valence-corrected chi connectivity index (χ3v) is 3.91. The van der Waals surface area contributed by atoms with E-state index in [0.717, 1.165) is 0 Å². The van der Waals surface area contributed by atoms with Crippen molar-refractivity contribution >= 4 is 17.7 Å². The van der Waals surface area contributed by atoms with Crippen LogP contribution in [0.4, 0.5) is 0 Å². The van der Waals surface area contributed by atoms with E-state index in [0.29, 0.717) is 43.6 Å². The summed E-state index contributed by atoms with van der Waals surface area (Å²) in [5.41, 5.74) is 0.596. The number of ether oxygens (including phenoxy) is 1. The summed E-state index contributed by atoms with van der Waals surface area (Å²) < 4.78 is 5.53. The maximum Gasteiger partial charge on any atom is 0.306 e. The van der Waals surface area contributed by atoms with Crippen LogP contribution in [0, 0.1) is 5.92 Å². The fourth-order valence-electron chi connectivity index (χ4n) is 2.46. The van der Waals surface area contributed by atoms with Crippen LogP contribution in [0.2, 0.25) is 0 Å². The molecule has 0 saturated heterocycles. The molecule has 0 unspecified atom stereocenters. The summed E-state index contributed by atoms with van der Waals surface area (Å²) in [6, 6.07) is 6.92. The number of benzene rings is 1. The van der Waals surface area contributed by atoms with Gasteiger partial charge in [-0.15, -0.1) is 0 Å². The molecule has 0 aromatic heterocycles. The van der Waals surface area contributed by atoms with Gasteiger partial charge in [-0.25, -0.2) is 0 Å². The molecule has 1 fully saturated rings. The van der Waals surface area contributed by atoms with Crippen molar-refractivity contribution in [2.45, 2.75) is 38.6 Å². The zero-order valence-corrected chi connectivity index (χ0v) is 13.1. The van der Waals surface area contributed by atoms with Gasteiger partial charge < -0.3 is 15.2 Å². The number of carbonyl (C=O) groups excluding carboxylic acids is 2. The number of rotatable bonds is 8. The van der Waals surface area contributed by atoms with Gasteiger partial charge in [-0.1, -0.05) is 12.1 Å². The van der Waals surface area contributed by atoms with Crippen LogP contribution in [0.3, 0.4) is 0 Å². The Morgan fingerprint density at radius 1 is 1.30 bits per heavy atom. The fraction of sp³-hybridized carbons (Fsp3) is 0.471. The van der Waals surface area contributed by atoms with Crippen LogP contribution in [0.25, 0.3) is 0 Å². The second-order valence-corrected chi connectivity index (χ2v) is 5.81. The van der Waals surface area contributed by atoms with E-state index >= 15 is 0 Å². The highest BCUT2D eigenvalue weighted by Gasteiger charge is 2.34. The molecule has 0 atom stereocenters. The smallest absolute Gasteiger partial charge is 0.306 e. The van der Waals surface area contributed by atoms with Crippen LogP contribution >= 0.6 is 0 Å². The molecule has 2 N–H and O–H groups in total. The highest BCUT2D eigenvalue weighted by Crippen LogP contribution is 2.27. The molecule has 124 valence electrons. The Morgan fingerprint density at radius 2 is 2.04 bits per heavy atom. The van der Waals surface area contributed by atoms with Gasteiger partial charge in [-0.2, -0.15) is 0 Å². The summed E-state index contributed by atoms with van der Waals surface area (Å²) in [5, 5.41) is 11.6. The quantitative estimate of drug-likeness (QED) is 0.565. The van der Waals surface area contributed by atoms with Crippen LogP contribution in [0.1, 0.15) is 43.0 Å². The third kappa shape index (κ3) is 5.09. The normalized spacial score (nSPS) is 19.5. The van der Waals surface area contributed by atoms with Gasteiger partial charge >= 0.3 is 5.97 Å². The highest BCUT2D eigenvalue weighted by molar-refractivity contribution is 5.94. The average molecular weight is 319 g/mol. The van der Waals surface area contributed by atoms with E-state index in [1.165, 1.54) is 6.92 Å². The number of ketones is 1. The molecule has 0 heterocycles. The molecule has 1 aromatic rings. The molecule has 6 nitrogen and oxygen atoms in total. The van der Waals surface area contributed by atoms with Crippen LogP contribution < -0.4 is 10.1 Å². The largest absolute Gasteiger partial charge is 0.494 e. The number of amides is 1. The predicted octanol–water partition coefficient (Wildman–Crippen LogP) is 2.03.